The maximum atomic E-state index is 2.37. The number of halogens is 2. The number of thioether (sulfide) groups is 1. The second-order valence-electron chi connectivity index (χ2n) is 1.03. The molecule has 1 rings (SSSR count). The van der Waals surface area contributed by atoms with Crippen LogP contribution in [0.15, 0.2) is 0 Å². The summed E-state index contributed by atoms with van der Waals surface area (Å²) in [6.45, 7) is 0. The zero-order valence-electron chi connectivity index (χ0n) is 3.73. The first-order valence-electron chi connectivity index (χ1n) is 1.92. The monoisotopic (exact) mass is 379 g/mol. The molecular weight excluding hydrogens is 373 g/mol. The van der Waals surface area contributed by atoms with Crippen LogP contribution in [-0.2, 0) is 9.47 Å². The van der Waals surface area contributed by atoms with Gasteiger partial charge in [-0.15, -0.1) is 0 Å². The van der Waals surface area contributed by atoms with E-state index in [1.54, 1.807) is 0 Å². The minimum absolute atomic E-state index is 0.628. The summed E-state index contributed by atoms with van der Waals surface area (Å²) in [5, 5.41) is 0. The van der Waals surface area contributed by atoms with Gasteiger partial charge in [-0.1, -0.05) is 0 Å². The number of hydrogen-bond acceptors (Lipinski definition) is 1. The van der Waals surface area contributed by atoms with E-state index >= 15 is 0 Å². The van der Waals surface area contributed by atoms with Gasteiger partial charge in [0, 0.05) is 0 Å². The molecule has 0 N–H and O–H groups in total. The molecule has 0 spiro atoms. The topological polar surface area (TPSA) is 0 Å². The van der Waals surface area contributed by atoms with Crippen molar-refractivity contribution in [2.24, 2.45) is 0 Å². The maximum absolute atomic E-state index is 2.37. The first kappa shape index (κ1) is 9.39. The Kier molecular flexibility index (Phi) is 11.3. The predicted molar refractivity (Wildman–Crippen MR) is 50.0 cm³/mol. The van der Waals surface area contributed by atoms with E-state index in [1.165, 1.54) is 17.9 Å². The molecule has 0 aromatic rings. The van der Waals surface area contributed by atoms with Crippen molar-refractivity contribution in [3.8, 4) is 0 Å². The Morgan fingerprint density at radius 2 is 1.43 bits per heavy atom. The van der Waals surface area contributed by atoms with Gasteiger partial charge >= 0.3 is 49.4 Å². The Morgan fingerprint density at radius 3 is 1.43 bits per heavy atom. The van der Waals surface area contributed by atoms with Crippen LogP contribution in [0.25, 0.3) is 0 Å². The van der Waals surface area contributed by atoms with Crippen LogP contribution in [0.1, 0.15) is 6.42 Å². The SMILES string of the molecule is C1CSC1.[I][V][I]. The number of rotatable bonds is 0. The quantitative estimate of drug-likeness (QED) is 0.584. The molecule has 1 fully saturated rings. The first-order chi connectivity index (χ1) is 3.41. The van der Waals surface area contributed by atoms with E-state index in [0.29, 0.717) is 9.47 Å². The third-order valence-corrected chi connectivity index (χ3v) is 1.73. The van der Waals surface area contributed by atoms with Crippen molar-refractivity contribution in [2.75, 3.05) is 11.5 Å². The van der Waals surface area contributed by atoms with E-state index in [2.05, 4.69) is 40.0 Å². The van der Waals surface area contributed by atoms with E-state index in [0.717, 1.165) is 0 Å². The van der Waals surface area contributed by atoms with Gasteiger partial charge in [-0.25, -0.2) is 0 Å². The Bertz CT molecular complexity index is 28.1. The second kappa shape index (κ2) is 8.39. The molecule has 0 aromatic heterocycles. The normalized spacial score (nSPS) is 15.7. The van der Waals surface area contributed by atoms with Crippen LogP contribution in [0.3, 0.4) is 0 Å². The van der Waals surface area contributed by atoms with Gasteiger partial charge in [-0.05, 0) is 17.9 Å². The second-order valence-corrected chi connectivity index (χ2v) is 14.0. The molecule has 0 radical (unpaired) electrons. The Labute approximate surface area is 77.8 Å². The van der Waals surface area contributed by atoms with Crippen LogP contribution in [0.5, 0.6) is 0 Å². The molecule has 0 aromatic carbocycles. The van der Waals surface area contributed by atoms with Crippen molar-refractivity contribution in [2.45, 2.75) is 6.42 Å². The summed E-state index contributed by atoms with van der Waals surface area (Å²) in [6, 6.07) is 0. The zero-order valence-corrected chi connectivity index (χ0v) is 10.3. The summed E-state index contributed by atoms with van der Waals surface area (Å²) in [7, 11) is 0.628. The van der Waals surface area contributed by atoms with Crippen molar-refractivity contribution in [1.29, 1.82) is 0 Å². The van der Waals surface area contributed by atoms with E-state index in [9.17, 15) is 0 Å². The van der Waals surface area contributed by atoms with Gasteiger partial charge in [-0.3, -0.25) is 0 Å². The van der Waals surface area contributed by atoms with Crippen LogP contribution in [0.4, 0.5) is 0 Å². The zero-order chi connectivity index (χ0) is 5.54. The summed E-state index contributed by atoms with van der Waals surface area (Å²) < 4.78 is 0. The molecule has 0 atom stereocenters. The van der Waals surface area contributed by atoms with Gasteiger partial charge in [0.15, 0.2) is 0 Å². The van der Waals surface area contributed by atoms with E-state index in [4.69, 9.17) is 0 Å². The minimum atomic E-state index is 0.628. The first-order valence-corrected chi connectivity index (χ1v) is 12.1. The van der Waals surface area contributed by atoms with Gasteiger partial charge < -0.3 is 0 Å². The van der Waals surface area contributed by atoms with Gasteiger partial charge in [0.05, 0.1) is 0 Å². The average Bonchev–Trinajstić information content (AvgIpc) is 1.27. The molecule has 0 bridgehead atoms. The third kappa shape index (κ3) is 8.39. The van der Waals surface area contributed by atoms with Gasteiger partial charge in [0.25, 0.3) is 0 Å². The fourth-order valence-electron chi connectivity index (χ4n) is 0.144. The molecule has 1 saturated heterocycles. The molecule has 1 aliphatic heterocycles. The van der Waals surface area contributed by atoms with E-state index < -0.39 is 0 Å². The fraction of sp³-hybridized carbons (Fsp3) is 1.00. The van der Waals surface area contributed by atoms with Crippen LogP contribution in [0, 0.1) is 0 Å². The van der Waals surface area contributed by atoms with Crippen molar-refractivity contribution < 1.29 is 9.47 Å². The number of hydrogen-bond donors (Lipinski definition) is 0. The molecule has 43 valence electrons. The molecule has 0 nitrogen and oxygen atoms in total. The standard InChI is InChI=1S/C3H6S.2HI.V/c1-2-4-3-1;;;/h1-3H2;2*1H;/q;;;+2/p-2. The molecule has 0 aliphatic carbocycles. The summed E-state index contributed by atoms with van der Waals surface area (Å²) in [6.07, 6.45) is 1.46. The van der Waals surface area contributed by atoms with Crippen LogP contribution in [-0.4, -0.2) is 11.5 Å². The van der Waals surface area contributed by atoms with Gasteiger partial charge in [0.2, 0.25) is 0 Å². The van der Waals surface area contributed by atoms with Gasteiger partial charge in [0.1, 0.15) is 0 Å². The van der Waals surface area contributed by atoms with Crippen LogP contribution < -0.4 is 0 Å². The van der Waals surface area contributed by atoms with Crippen molar-refractivity contribution in [1.82, 2.24) is 0 Å². The van der Waals surface area contributed by atoms with Crippen LogP contribution >= 0.6 is 51.7 Å². The summed E-state index contributed by atoms with van der Waals surface area (Å²) >= 11 is 6.77. The van der Waals surface area contributed by atoms with Crippen LogP contribution in [0.2, 0.25) is 0 Å². The summed E-state index contributed by atoms with van der Waals surface area (Å²) in [5.74, 6) is 2.83. The van der Waals surface area contributed by atoms with Crippen molar-refractivity contribution in [3.63, 3.8) is 0 Å². The van der Waals surface area contributed by atoms with Crippen molar-refractivity contribution in [3.05, 3.63) is 0 Å². The van der Waals surface area contributed by atoms with Crippen molar-refractivity contribution >= 4 is 51.7 Å². The van der Waals surface area contributed by atoms with E-state index in [-0.39, 0.29) is 0 Å². The molecular formula is C3H6I2SV. The molecule has 0 unspecified atom stereocenters. The molecule has 1 aliphatic rings. The predicted octanol–water partition coefficient (Wildman–Crippen LogP) is 2.89. The summed E-state index contributed by atoms with van der Waals surface area (Å²) in [4.78, 5) is 0. The Hall–Kier alpha value is 2.39. The average molecular weight is 379 g/mol. The Balaban J connectivity index is 0.000000110. The molecule has 0 amide bonds. The molecule has 7 heavy (non-hydrogen) atoms. The molecule has 1 heterocycles. The molecule has 0 saturated carbocycles. The third-order valence-electron chi connectivity index (χ3n) is 0.577. The van der Waals surface area contributed by atoms with E-state index in [1.807, 2.05) is 11.8 Å². The summed E-state index contributed by atoms with van der Waals surface area (Å²) in [5.41, 5.74) is 0. The van der Waals surface area contributed by atoms with Gasteiger partial charge in [-0.2, -0.15) is 11.8 Å². The Morgan fingerprint density at radius 1 is 1.29 bits per heavy atom. The fourth-order valence-corrected chi connectivity index (χ4v) is 0.433. The molecule has 4 heteroatoms.